The van der Waals surface area contributed by atoms with E-state index in [2.05, 4.69) is 21.2 Å². The van der Waals surface area contributed by atoms with Gasteiger partial charge in [-0.05, 0) is 42.9 Å². The van der Waals surface area contributed by atoms with Gasteiger partial charge in [-0.25, -0.2) is 4.79 Å². The predicted octanol–water partition coefficient (Wildman–Crippen LogP) is 2.02. The molecular formula is C16H24N2O3S. The van der Waals surface area contributed by atoms with Gasteiger partial charge in [0.05, 0.1) is 6.61 Å². The number of hydrogen-bond donors (Lipinski definition) is 1. The summed E-state index contributed by atoms with van der Waals surface area (Å²) in [6.07, 6.45) is 3.33. The topological polar surface area (TPSA) is 53.0 Å². The van der Waals surface area contributed by atoms with Gasteiger partial charge in [-0.3, -0.25) is 9.80 Å². The first-order valence-corrected chi connectivity index (χ1v) is 8.94. The van der Waals surface area contributed by atoms with E-state index in [1.807, 2.05) is 0 Å². The Kier molecular flexibility index (Phi) is 5.46. The summed E-state index contributed by atoms with van der Waals surface area (Å²) in [7, 11) is 0. The smallest absolute Gasteiger partial charge is 0.334 e. The highest BCUT2D eigenvalue weighted by atomic mass is 32.1. The van der Waals surface area contributed by atoms with Crippen LogP contribution in [0.4, 0.5) is 0 Å². The number of ether oxygens (including phenoxy) is 1. The lowest BCUT2D eigenvalue weighted by molar-refractivity contribution is -0.156. The number of hydrogen-bond acceptors (Lipinski definition) is 5. The lowest BCUT2D eigenvalue weighted by atomic mass is 10.1. The minimum Gasteiger partial charge on any atom is -0.479 e. The number of aliphatic carboxylic acids is 1. The number of rotatable bonds is 5. The second-order valence-electron chi connectivity index (χ2n) is 6.19. The molecule has 0 spiro atoms. The molecule has 0 aromatic carbocycles. The van der Waals surface area contributed by atoms with E-state index in [4.69, 9.17) is 9.84 Å². The second kappa shape index (κ2) is 7.55. The van der Waals surface area contributed by atoms with Crippen molar-refractivity contribution in [2.75, 3.05) is 32.8 Å². The van der Waals surface area contributed by atoms with Crippen molar-refractivity contribution in [3.8, 4) is 0 Å². The van der Waals surface area contributed by atoms with Gasteiger partial charge in [0.25, 0.3) is 0 Å². The molecule has 2 aliphatic heterocycles. The fraction of sp³-hybridized carbons (Fsp3) is 0.688. The minimum absolute atomic E-state index is 0.481. The highest BCUT2D eigenvalue weighted by Crippen LogP contribution is 2.21. The van der Waals surface area contributed by atoms with Gasteiger partial charge >= 0.3 is 5.97 Å². The number of thiophene rings is 1. The average Bonchev–Trinajstić information content (AvgIpc) is 2.95. The summed E-state index contributed by atoms with van der Waals surface area (Å²) in [5.41, 5.74) is 1.39. The van der Waals surface area contributed by atoms with Crippen LogP contribution >= 0.6 is 11.3 Å². The van der Waals surface area contributed by atoms with Crippen molar-refractivity contribution in [2.24, 2.45) is 0 Å². The summed E-state index contributed by atoms with van der Waals surface area (Å²) in [6, 6.07) is 2.28. The zero-order chi connectivity index (χ0) is 15.4. The summed E-state index contributed by atoms with van der Waals surface area (Å²) in [6.45, 7) is 6.11. The Bertz CT molecular complexity index is 499. The van der Waals surface area contributed by atoms with E-state index in [1.165, 1.54) is 42.8 Å². The molecule has 122 valence electrons. The first-order valence-electron chi connectivity index (χ1n) is 8.06. The Morgan fingerprint density at radius 1 is 1.23 bits per heavy atom. The molecule has 1 N–H and O–H groups in total. The van der Waals surface area contributed by atoms with E-state index in [0.29, 0.717) is 13.2 Å². The molecule has 1 atom stereocenters. The third-order valence-electron chi connectivity index (χ3n) is 4.37. The standard InChI is InChI=1S/C16H24N2O3S/c19-16(20)15-11-18(6-7-21-15)10-14-8-13(12-22-14)9-17-4-2-1-3-5-17/h8,12,15H,1-7,9-11H2,(H,19,20)/t15-/m1/s1. The van der Waals surface area contributed by atoms with E-state index in [-0.39, 0.29) is 0 Å². The zero-order valence-corrected chi connectivity index (χ0v) is 13.7. The molecule has 3 rings (SSSR count). The lowest BCUT2D eigenvalue weighted by Crippen LogP contribution is -2.45. The summed E-state index contributed by atoms with van der Waals surface area (Å²) in [4.78, 5) is 17.1. The van der Waals surface area contributed by atoms with Crippen LogP contribution in [-0.4, -0.2) is 59.8 Å². The van der Waals surface area contributed by atoms with E-state index in [1.54, 1.807) is 11.3 Å². The largest absolute Gasteiger partial charge is 0.479 e. The van der Waals surface area contributed by atoms with Crippen molar-refractivity contribution >= 4 is 17.3 Å². The Labute approximate surface area is 135 Å². The summed E-state index contributed by atoms with van der Waals surface area (Å²) < 4.78 is 5.27. The molecule has 0 unspecified atom stereocenters. The maximum atomic E-state index is 11.0. The van der Waals surface area contributed by atoms with Gasteiger partial charge in [-0.1, -0.05) is 6.42 Å². The fourth-order valence-electron chi connectivity index (χ4n) is 3.18. The number of morpholine rings is 1. The maximum Gasteiger partial charge on any atom is 0.334 e. The van der Waals surface area contributed by atoms with Gasteiger partial charge in [0.15, 0.2) is 6.10 Å². The van der Waals surface area contributed by atoms with Gasteiger partial charge in [-0.15, -0.1) is 11.3 Å². The summed E-state index contributed by atoms with van der Waals surface area (Å²) >= 11 is 1.78. The molecule has 2 saturated heterocycles. The van der Waals surface area contributed by atoms with Crippen molar-refractivity contribution in [1.29, 1.82) is 0 Å². The molecule has 0 amide bonds. The number of carbonyl (C=O) groups is 1. The number of likely N-dealkylation sites (tertiary alicyclic amines) is 1. The van der Waals surface area contributed by atoms with Crippen LogP contribution in [0, 0.1) is 0 Å². The van der Waals surface area contributed by atoms with E-state index >= 15 is 0 Å². The van der Waals surface area contributed by atoms with Gasteiger partial charge in [0.2, 0.25) is 0 Å². The van der Waals surface area contributed by atoms with Crippen LogP contribution in [0.5, 0.6) is 0 Å². The molecule has 1 aromatic rings. The highest BCUT2D eigenvalue weighted by Gasteiger charge is 2.26. The van der Waals surface area contributed by atoms with Crippen LogP contribution in [0.2, 0.25) is 0 Å². The molecule has 2 fully saturated rings. The summed E-state index contributed by atoms with van der Waals surface area (Å²) in [5, 5.41) is 11.3. The maximum absolute atomic E-state index is 11.0. The summed E-state index contributed by atoms with van der Waals surface area (Å²) in [5.74, 6) is -0.860. The second-order valence-corrected chi connectivity index (χ2v) is 7.19. The quantitative estimate of drug-likeness (QED) is 0.898. The highest BCUT2D eigenvalue weighted by molar-refractivity contribution is 7.10. The SMILES string of the molecule is O=C(O)[C@H]1CN(Cc2cc(CN3CCCCC3)cs2)CCO1. The number of piperidine rings is 1. The average molecular weight is 324 g/mol. The number of nitrogens with zero attached hydrogens (tertiary/aromatic N) is 2. The van der Waals surface area contributed by atoms with Crippen LogP contribution in [0.3, 0.4) is 0 Å². The van der Waals surface area contributed by atoms with Crippen molar-refractivity contribution in [3.63, 3.8) is 0 Å². The van der Waals surface area contributed by atoms with Crippen molar-refractivity contribution in [3.05, 3.63) is 21.9 Å². The zero-order valence-electron chi connectivity index (χ0n) is 12.9. The third-order valence-corrected chi connectivity index (χ3v) is 5.34. The van der Waals surface area contributed by atoms with Crippen LogP contribution < -0.4 is 0 Å². The molecule has 1 aromatic heterocycles. The Morgan fingerprint density at radius 2 is 2.05 bits per heavy atom. The molecule has 2 aliphatic rings. The molecule has 0 bridgehead atoms. The minimum atomic E-state index is -0.860. The van der Waals surface area contributed by atoms with E-state index in [0.717, 1.165) is 19.6 Å². The van der Waals surface area contributed by atoms with Crippen LogP contribution in [0.25, 0.3) is 0 Å². The molecular weight excluding hydrogens is 300 g/mol. The molecule has 22 heavy (non-hydrogen) atoms. The molecule has 0 aliphatic carbocycles. The van der Waals surface area contributed by atoms with Gasteiger partial charge in [0, 0.05) is 31.1 Å². The van der Waals surface area contributed by atoms with Crippen molar-refractivity contribution < 1.29 is 14.6 Å². The van der Waals surface area contributed by atoms with Crippen molar-refractivity contribution in [2.45, 2.75) is 38.5 Å². The molecule has 3 heterocycles. The van der Waals surface area contributed by atoms with E-state index in [9.17, 15) is 4.79 Å². The van der Waals surface area contributed by atoms with Gasteiger partial charge in [0.1, 0.15) is 0 Å². The molecule has 0 radical (unpaired) electrons. The lowest BCUT2D eigenvalue weighted by Gasteiger charge is -2.30. The fourth-order valence-corrected chi connectivity index (χ4v) is 4.11. The van der Waals surface area contributed by atoms with Crippen LogP contribution in [-0.2, 0) is 22.6 Å². The molecule has 5 nitrogen and oxygen atoms in total. The number of carboxylic acids is 1. The third kappa shape index (κ3) is 4.29. The first-order chi connectivity index (χ1) is 10.7. The normalized spacial score (nSPS) is 24.5. The Balaban J connectivity index is 1.51. The van der Waals surface area contributed by atoms with Gasteiger partial charge in [-0.2, -0.15) is 0 Å². The van der Waals surface area contributed by atoms with E-state index < -0.39 is 12.1 Å². The Hall–Kier alpha value is -0.950. The first kappa shape index (κ1) is 15.9. The molecule has 6 heteroatoms. The van der Waals surface area contributed by atoms with Gasteiger partial charge < -0.3 is 9.84 Å². The Morgan fingerprint density at radius 3 is 2.82 bits per heavy atom. The number of carboxylic acid groups (broad SMARTS) is 1. The molecule has 0 saturated carbocycles. The van der Waals surface area contributed by atoms with Crippen LogP contribution in [0.15, 0.2) is 11.4 Å². The predicted molar refractivity (Wildman–Crippen MR) is 86.1 cm³/mol. The van der Waals surface area contributed by atoms with Crippen molar-refractivity contribution in [1.82, 2.24) is 9.80 Å². The monoisotopic (exact) mass is 324 g/mol. The van der Waals surface area contributed by atoms with Crippen LogP contribution in [0.1, 0.15) is 29.7 Å².